The average molecular weight is 165 g/mol. The smallest absolute Gasteiger partial charge is 0.224 e. The molecule has 12 heavy (non-hydrogen) atoms. The molecule has 0 spiro atoms. The number of carbonyl (C=O) groups is 1. The lowest BCUT2D eigenvalue weighted by Crippen LogP contribution is -2.08. The van der Waals surface area contributed by atoms with Gasteiger partial charge in [0.25, 0.3) is 0 Å². The average Bonchev–Trinajstić information content (AvgIpc) is 2.09. The molecular formula is C10H15NO. The van der Waals surface area contributed by atoms with Gasteiger partial charge in [0.1, 0.15) is 0 Å². The zero-order valence-corrected chi connectivity index (χ0v) is 7.42. The molecule has 0 atom stereocenters. The van der Waals surface area contributed by atoms with Crippen LogP contribution in [0.5, 0.6) is 0 Å². The highest BCUT2D eigenvalue weighted by molar-refractivity contribution is 5.90. The minimum absolute atomic E-state index is 0. The van der Waals surface area contributed by atoms with Gasteiger partial charge in [-0.3, -0.25) is 4.79 Å². The van der Waals surface area contributed by atoms with Crippen LogP contribution < -0.4 is 5.32 Å². The number of rotatable bonds is 2. The molecule has 1 N–H and O–H groups in total. The summed E-state index contributed by atoms with van der Waals surface area (Å²) in [6.07, 6.45) is 0.522. The van der Waals surface area contributed by atoms with Gasteiger partial charge < -0.3 is 5.32 Å². The standard InChI is InChI=1S/C10H13NO.H2/c1-3-10(12)11-9-6-4-8(2)5-7-9;/h4-7H,3H2,1-2H3,(H,11,12);1H. The van der Waals surface area contributed by atoms with Crippen molar-refractivity contribution < 1.29 is 6.22 Å². The largest absolute Gasteiger partial charge is 0.326 e. The van der Waals surface area contributed by atoms with Gasteiger partial charge in [0, 0.05) is 13.5 Å². The lowest BCUT2D eigenvalue weighted by Gasteiger charge is -2.02. The van der Waals surface area contributed by atoms with E-state index in [1.165, 1.54) is 5.56 Å². The molecular weight excluding hydrogens is 150 g/mol. The molecule has 2 nitrogen and oxygen atoms in total. The fourth-order valence-corrected chi connectivity index (χ4v) is 0.886. The first-order valence-electron chi connectivity index (χ1n) is 4.09. The number of amides is 1. The van der Waals surface area contributed by atoms with Crippen LogP contribution in [0.25, 0.3) is 0 Å². The SMILES string of the molecule is CCC(=O)Nc1ccc(C)cc1.[HH]. The number of aryl methyl sites for hydroxylation is 1. The van der Waals surface area contributed by atoms with Crippen LogP contribution >= 0.6 is 0 Å². The van der Waals surface area contributed by atoms with E-state index in [0.29, 0.717) is 6.42 Å². The molecule has 1 aromatic rings. The van der Waals surface area contributed by atoms with Gasteiger partial charge >= 0.3 is 0 Å². The summed E-state index contributed by atoms with van der Waals surface area (Å²) in [5, 5.41) is 2.78. The molecule has 1 aromatic carbocycles. The van der Waals surface area contributed by atoms with Crippen molar-refractivity contribution in [2.24, 2.45) is 0 Å². The van der Waals surface area contributed by atoms with E-state index >= 15 is 0 Å². The summed E-state index contributed by atoms with van der Waals surface area (Å²) in [6, 6.07) is 7.77. The second-order valence-corrected chi connectivity index (χ2v) is 2.77. The third-order valence-corrected chi connectivity index (χ3v) is 1.66. The molecule has 2 heteroatoms. The molecule has 0 saturated heterocycles. The van der Waals surface area contributed by atoms with Crippen molar-refractivity contribution in [3.05, 3.63) is 29.8 Å². The normalized spacial score (nSPS) is 9.50. The van der Waals surface area contributed by atoms with Crippen LogP contribution in [0.3, 0.4) is 0 Å². The Morgan fingerprint density at radius 3 is 2.50 bits per heavy atom. The summed E-state index contributed by atoms with van der Waals surface area (Å²) in [6.45, 7) is 3.86. The highest BCUT2D eigenvalue weighted by Gasteiger charge is 1.96. The van der Waals surface area contributed by atoms with E-state index in [1.54, 1.807) is 0 Å². The van der Waals surface area contributed by atoms with Crippen molar-refractivity contribution in [3.63, 3.8) is 0 Å². The van der Waals surface area contributed by atoms with Crippen LogP contribution in [0.4, 0.5) is 5.69 Å². The summed E-state index contributed by atoms with van der Waals surface area (Å²) in [5.41, 5.74) is 2.07. The van der Waals surface area contributed by atoms with Crippen LogP contribution in [-0.4, -0.2) is 5.91 Å². The number of benzene rings is 1. The van der Waals surface area contributed by atoms with Gasteiger partial charge in [-0.15, -0.1) is 0 Å². The lowest BCUT2D eigenvalue weighted by molar-refractivity contribution is -0.115. The molecule has 0 aromatic heterocycles. The van der Waals surface area contributed by atoms with Crippen molar-refractivity contribution in [2.75, 3.05) is 5.32 Å². The Bertz CT molecular complexity index is 269. The molecule has 0 saturated carbocycles. The van der Waals surface area contributed by atoms with Crippen LogP contribution in [0.1, 0.15) is 20.3 Å². The Hall–Kier alpha value is -1.31. The molecule has 0 aliphatic rings. The summed E-state index contributed by atoms with van der Waals surface area (Å²) in [4.78, 5) is 11.0. The van der Waals surface area contributed by atoms with Gasteiger partial charge in [0.2, 0.25) is 5.91 Å². The monoisotopic (exact) mass is 165 g/mol. The Labute approximate surface area is 74.1 Å². The van der Waals surface area contributed by atoms with E-state index in [2.05, 4.69) is 5.32 Å². The van der Waals surface area contributed by atoms with Crippen LogP contribution in [-0.2, 0) is 4.79 Å². The molecule has 0 heterocycles. The number of anilines is 1. The molecule has 1 amide bonds. The molecule has 0 aliphatic heterocycles. The quantitative estimate of drug-likeness (QED) is 0.717. The first kappa shape index (κ1) is 8.78. The van der Waals surface area contributed by atoms with E-state index < -0.39 is 0 Å². The molecule has 0 unspecified atom stereocenters. The number of hydrogen-bond donors (Lipinski definition) is 1. The fraction of sp³-hybridized carbons (Fsp3) is 0.300. The highest BCUT2D eigenvalue weighted by Crippen LogP contribution is 2.08. The minimum atomic E-state index is 0. The third kappa shape index (κ3) is 2.38. The van der Waals surface area contributed by atoms with Crippen molar-refractivity contribution in [1.29, 1.82) is 0 Å². The van der Waals surface area contributed by atoms with E-state index in [1.807, 2.05) is 38.1 Å². The molecule has 0 fully saturated rings. The van der Waals surface area contributed by atoms with Gasteiger partial charge in [-0.1, -0.05) is 24.6 Å². The Balaban J connectivity index is 0.00000144. The summed E-state index contributed by atoms with van der Waals surface area (Å²) in [5.74, 6) is 0.0545. The summed E-state index contributed by atoms with van der Waals surface area (Å²) < 4.78 is 0. The predicted molar refractivity (Wildman–Crippen MR) is 52.2 cm³/mol. The maximum Gasteiger partial charge on any atom is 0.224 e. The van der Waals surface area contributed by atoms with Gasteiger partial charge in [-0.05, 0) is 19.1 Å². The Morgan fingerprint density at radius 2 is 2.00 bits per heavy atom. The van der Waals surface area contributed by atoms with E-state index in [-0.39, 0.29) is 7.33 Å². The highest BCUT2D eigenvalue weighted by atomic mass is 16.1. The maximum absolute atomic E-state index is 11.0. The number of carbonyl (C=O) groups excluding carboxylic acids is 1. The van der Waals surface area contributed by atoms with E-state index in [0.717, 1.165) is 5.69 Å². The predicted octanol–water partition coefficient (Wildman–Crippen LogP) is 2.59. The second-order valence-electron chi connectivity index (χ2n) is 2.77. The van der Waals surface area contributed by atoms with Gasteiger partial charge in [0.15, 0.2) is 0 Å². The van der Waals surface area contributed by atoms with Crippen molar-refractivity contribution >= 4 is 11.6 Å². The topological polar surface area (TPSA) is 29.1 Å². The third-order valence-electron chi connectivity index (χ3n) is 1.66. The molecule has 1 rings (SSSR count). The lowest BCUT2D eigenvalue weighted by atomic mass is 10.2. The van der Waals surface area contributed by atoms with E-state index in [4.69, 9.17) is 0 Å². The second kappa shape index (κ2) is 3.90. The fourth-order valence-electron chi connectivity index (χ4n) is 0.886. The van der Waals surface area contributed by atoms with E-state index in [9.17, 15) is 4.79 Å². The summed E-state index contributed by atoms with van der Waals surface area (Å²) >= 11 is 0. The van der Waals surface area contributed by atoms with Crippen molar-refractivity contribution in [1.82, 2.24) is 0 Å². The van der Waals surface area contributed by atoms with Gasteiger partial charge in [-0.25, -0.2) is 0 Å². The Morgan fingerprint density at radius 1 is 1.42 bits per heavy atom. The van der Waals surface area contributed by atoms with Crippen molar-refractivity contribution in [3.8, 4) is 0 Å². The Kier molecular flexibility index (Phi) is 2.86. The molecule has 66 valence electrons. The summed E-state index contributed by atoms with van der Waals surface area (Å²) in [7, 11) is 0. The first-order chi connectivity index (χ1) is 5.72. The van der Waals surface area contributed by atoms with Crippen LogP contribution in [0.2, 0.25) is 0 Å². The number of nitrogens with one attached hydrogen (secondary N) is 1. The van der Waals surface area contributed by atoms with Crippen LogP contribution in [0, 0.1) is 6.92 Å². The maximum atomic E-state index is 11.0. The van der Waals surface area contributed by atoms with Crippen LogP contribution in [0.15, 0.2) is 24.3 Å². The minimum Gasteiger partial charge on any atom is -0.326 e. The van der Waals surface area contributed by atoms with Gasteiger partial charge in [0.05, 0.1) is 0 Å². The molecule has 0 radical (unpaired) electrons. The zero-order valence-electron chi connectivity index (χ0n) is 7.42. The van der Waals surface area contributed by atoms with Crippen molar-refractivity contribution in [2.45, 2.75) is 20.3 Å². The number of hydrogen-bond acceptors (Lipinski definition) is 1. The molecule has 0 aliphatic carbocycles. The molecule has 0 bridgehead atoms. The first-order valence-corrected chi connectivity index (χ1v) is 4.09. The van der Waals surface area contributed by atoms with Gasteiger partial charge in [-0.2, -0.15) is 0 Å². The zero-order chi connectivity index (χ0) is 8.97.